The van der Waals surface area contributed by atoms with Crippen molar-refractivity contribution in [2.75, 3.05) is 26.7 Å². The summed E-state index contributed by atoms with van der Waals surface area (Å²) in [5, 5.41) is 3.39. The smallest absolute Gasteiger partial charge is 0.326 e. The molecule has 20 heavy (non-hydrogen) atoms. The number of carbonyl (C=O) groups excluding carboxylic acids is 1. The molecule has 0 aromatic carbocycles. The van der Waals surface area contributed by atoms with Gasteiger partial charge >= 0.3 is 5.97 Å². The minimum atomic E-state index is -0.471. The molecule has 1 N–H and O–H groups in total. The molecule has 0 amide bonds. The van der Waals surface area contributed by atoms with Crippen LogP contribution in [0.2, 0.25) is 0 Å². The molecule has 0 aliphatic heterocycles. The zero-order valence-corrected chi connectivity index (χ0v) is 14.1. The molecule has 4 nitrogen and oxygen atoms in total. The van der Waals surface area contributed by atoms with Crippen molar-refractivity contribution in [3.8, 4) is 0 Å². The summed E-state index contributed by atoms with van der Waals surface area (Å²) in [5.74, 6) is -0.0755. The lowest BCUT2D eigenvalue weighted by Gasteiger charge is -2.33. The first-order valence-electron chi connectivity index (χ1n) is 7.86. The van der Waals surface area contributed by atoms with Crippen LogP contribution in [0.25, 0.3) is 0 Å². The van der Waals surface area contributed by atoms with Crippen LogP contribution in [0.15, 0.2) is 0 Å². The van der Waals surface area contributed by atoms with E-state index in [2.05, 4.69) is 38.0 Å². The standard InChI is InChI=1S/C16H32N2O2/c1-7-17-16(14(19)20-8-2)10-9-13(11-16)18(6)12-15(3,4)5/h13,17H,7-12H2,1-6H3. The lowest BCUT2D eigenvalue weighted by molar-refractivity contribution is -0.151. The van der Waals surface area contributed by atoms with Crippen LogP contribution in [-0.2, 0) is 9.53 Å². The number of hydrogen-bond acceptors (Lipinski definition) is 4. The van der Waals surface area contributed by atoms with Gasteiger partial charge in [-0.3, -0.25) is 4.79 Å². The van der Waals surface area contributed by atoms with Gasteiger partial charge in [-0.05, 0) is 45.2 Å². The summed E-state index contributed by atoms with van der Waals surface area (Å²) in [7, 11) is 2.17. The summed E-state index contributed by atoms with van der Waals surface area (Å²) in [4.78, 5) is 14.7. The SMILES string of the molecule is CCNC1(C(=O)OCC)CCC(N(C)CC(C)(C)C)C1. The normalized spacial score (nSPS) is 27.1. The second-order valence-electron chi connectivity index (χ2n) is 7.21. The molecule has 1 saturated carbocycles. The second kappa shape index (κ2) is 6.90. The second-order valence-corrected chi connectivity index (χ2v) is 7.21. The van der Waals surface area contributed by atoms with E-state index in [1.54, 1.807) is 0 Å². The number of nitrogens with zero attached hydrogens (tertiary/aromatic N) is 1. The number of carbonyl (C=O) groups is 1. The zero-order valence-electron chi connectivity index (χ0n) is 14.1. The molecule has 4 heteroatoms. The molecule has 0 radical (unpaired) electrons. The van der Waals surface area contributed by atoms with E-state index < -0.39 is 5.54 Å². The Morgan fingerprint density at radius 1 is 1.40 bits per heavy atom. The van der Waals surface area contributed by atoms with Gasteiger partial charge in [0.25, 0.3) is 0 Å². The summed E-state index contributed by atoms with van der Waals surface area (Å²) < 4.78 is 5.29. The predicted octanol–water partition coefficient (Wildman–Crippen LogP) is 2.43. The van der Waals surface area contributed by atoms with Crippen molar-refractivity contribution >= 4 is 5.97 Å². The van der Waals surface area contributed by atoms with E-state index in [9.17, 15) is 4.79 Å². The Kier molecular flexibility index (Phi) is 6.02. The average molecular weight is 284 g/mol. The maximum absolute atomic E-state index is 12.3. The van der Waals surface area contributed by atoms with Gasteiger partial charge in [0.05, 0.1) is 6.61 Å². The fraction of sp³-hybridized carbons (Fsp3) is 0.938. The fourth-order valence-corrected chi connectivity index (χ4v) is 3.30. The molecule has 2 unspecified atom stereocenters. The van der Waals surface area contributed by atoms with Crippen molar-refractivity contribution in [2.45, 2.75) is 65.5 Å². The van der Waals surface area contributed by atoms with Crippen LogP contribution in [0, 0.1) is 5.41 Å². The van der Waals surface area contributed by atoms with Gasteiger partial charge in [0.1, 0.15) is 5.54 Å². The van der Waals surface area contributed by atoms with E-state index in [0.717, 1.165) is 32.4 Å². The Hall–Kier alpha value is -0.610. The highest BCUT2D eigenvalue weighted by molar-refractivity contribution is 5.81. The largest absolute Gasteiger partial charge is 0.465 e. The van der Waals surface area contributed by atoms with Crippen LogP contribution >= 0.6 is 0 Å². The molecule has 1 aliphatic carbocycles. The topological polar surface area (TPSA) is 41.6 Å². The van der Waals surface area contributed by atoms with Gasteiger partial charge in [-0.25, -0.2) is 0 Å². The molecule has 1 aliphatic rings. The number of ether oxygens (including phenoxy) is 1. The Bertz CT molecular complexity index is 325. The lowest BCUT2D eigenvalue weighted by Crippen LogP contribution is -2.52. The summed E-state index contributed by atoms with van der Waals surface area (Å²) in [6.45, 7) is 13.0. The minimum Gasteiger partial charge on any atom is -0.465 e. The van der Waals surface area contributed by atoms with E-state index in [1.807, 2.05) is 13.8 Å². The maximum atomic E-state index is 12.3. The first kappa shape index (κ1) is 17.4. The summed E-state index contributed by atoms with van der Waals surface area (Å²) in [6, 6.07) is 0.456. The third-order valence-corrected chi connectivity index (χ3v) is 4.02. The van der Waals surface area contributed by atoms with Crippen LogP contribution in [0.3, 0.4) is 0 Å². The van der Waals surface area contributed by atoms with E-state index >= 15 is 0 Å². The van der Waals surface area contributed by atoms with Gasteiger partial charge in [-0.1, -0.05) is 27.7 Å². The molecule has 118 valence electrons. The quantitative estimate of drug-likeness (QED) is 0.761. The van der Waals surface area contributed by atoms with Crippen molar-refractivity contribution < 1.29 is 9.53 Å². The molecule has 0 spiro atoms. The molecular weight excluding hydrogens is 252 g/mol. The molecule has 0 aromatic rings. The number of esters is 1. The fourth-order valence-electron chi connectivity index (χ4n) is 3.30. The van der Waals surface area contributed by atoms with E-state index in [1.165, 1.54) is 0 Å². The highest BCUT2D eigenvalue weighted by Gasteiger charge is 2.47. The van der Waals surface area contributed by atoms with E-state index in [-0.39, 0.29) is 11.4 Å². The van der Waals surface area contributed by atoms with Gasteiger partial charge in [-0.2, -0.15) is 0 Å². The third kappa shape index (κ3) is 4.45. The molecular formula is C16H32N2O2. The third-order valence-electron chi connectivity index (χ3n) is 4.02. The number of hydrogen-bond donors (Lipinski definition) is 1. The van der Waals surface area contributed by atoms with Gasteiger partial charge in [0.15, 0.2) is 0 Å². The molecule has 1 rings (SSSR count). The number of likely N-dealkylation sites (N-methyl/N-ethyl adjacent to an activating group) is 1. The molecule has 0 bridgehead atoms. The Morgan fingerprint density at radius 3 is 2.55 bits per heavy atom. The van der Waals surface area contributed by atoms with Gasteiger partial charge in [-0.15, -0.1) is 0 Å². The van der Waals surface area contributed by atoms with Crippen molar-refractivity contribution in [1.29, 1.82) is 0 Å². The highest BCUT2D eigenvalue weighted by Crippen LogP contribution is 2.34. The first-order chi connectivity index (χ1) is 9.24. The number of rotatable bonds is 6. The van der Waals surface area contributed by atoms with Crippen molar-refractivity contribution in [1.82, 2.24) is 10.2 Å². The predicted molar refractivity (Wildman–Crippen MR) is 82.8 cm³/mol. The molecule has 0 heterocycles. The van der Waals surface area contributed by atoms with E-state index in [4.69, 9.17) is 4.74 Å². The summed E-state index contributed by atoms with van der Waals surface area (Å²) in [6.07, 6.45) is 2.78. The number of nitrogens with one attached hydrogen (secondary N) is 1. The maximum Gasteiger partial charge on any atom is 0.326 e. The first-order valence-corrected chi connectivity index (χ1v) is 7.86. The monoisotopic (exact) mass is 284 g/mol. The van der Waals surface area contributed by atoms with Crippen LogP contribution < -0.4 is 5.32 Å². The van der Waals surface area contributed by atoms with Gasteiger partial charge < -0.3 is 15.0 Å². The van der Waals surface area contributed by atoms with Crippen molar-refractivity contribution in [2.24, 2.45) is 5.41 Å². The molecule has 2 atom stereocenters. The average Bonchev–Trinajstić information content (AvgIpc) is 2.73. The highest BCUT2D eigenvalue weighted by atomic mass is 16.5. The molecule has 1 fully saturated rings. The van der Waals surface area contributed by atoms with Crippen LogP contribution in [0.4, 0.5) is 0 Å². The van der Waals surface area contributed by atoms with Crippen LogP contribution in [-0.4, -0.2) is 49.2 Å². The lowest BCUT2D eigenvalue weighted by atomic mass is 9.94. The zero-order chi connectivity index (χ0) is 15.4. The van der Waals surface area contributed by atoms with Crippen molar-refractivity contribution in [3.05, 3.63) is 0 Å². The summed E-state index contributed by atoms with van der Waals surface area (Å²) >= 11 is 0. The van der Waals surface area contributed by atoms with Crippen LogP contribution in [0.5, 0.6) is 0 Å². The molecule has 0 aromatic heterocycles. The Morgan fingerprint density at radius 2 is 2.05 bits per heavy atom. The Balaban J connectivity index is 2.72. The van der Waals surface area contributed by atoms with E-state index in [0.29, 0.717) is 12.6 Å². The van der Waals surface area contributed by atoms with Crippen molar-refractivity contribution in [3.63, 3.8) is 0 Å². The van der Waals surface area contributed by atoms with Gasteiger partial charge in [0, 0.05) is 12.6 Å². The summed E-state index contributed by atoms with van der Waals surface area (Å²) in [5.41, 5.74) is -0.191. The van der Waals surface area contributed by atoms with Gasteiger partial charge in [0.2, 0.25) is 0 Å². The Labute approximate surface area is 124 Å². The van der Waals surface area contributed by atoms with Crippen LogP contribution in [0.1, 0.15) is 53.9 Å². The minimum absolute atomic E-state index is 0.0755. The molecule has 0 saturated heterocycles.